The van der Waals surface area contributed by atoms with E-state index in [0.29, 0.717) is 18.0 Å². The third-order valence-corrected chi connectivity index (χ3v) is 2.89. The number of nitrogens with one attached hydrogen (secondary N) is 2. The Bertz CT molecular complexity index is 754. The molecule has 0 spiro atoms. The number of fused-ring (bicyclic) bond motifs is 1. The van der Waals surface area contributed by atoms with Crippen molar-refractivity contribution in [1.82, 2.24) is 29.1 Å². The maximum Gasteiger partial charge on any atom is 0.348 e. The lowest BCUT2D eigenvalue weighted by atomic mass is 10.4. The normalized spacial score (nSPS) is 11.0. The molecule has 8 nitrogen and oxygen atoms in total. The molecule has 0 aliphatic heterocycles. The largest absolute Gasteiger partial charge is 0.369 e. The van der Waals surface area contributed by atoms with E-state index in [1.54, 1.807) is 12.3 Å². The molecule has 3 rings (SSSR count). The molecule has 3 aromatic rings. The van der Waals surface area contributed by atoms with E-state index >= 15 is 0 Å². The Hall–Kier alpha value is -2.64. The van der Waals surface area contributed by atoms with Crippen LogP contribution < -0.4 is 11.0 Å². The predicted molar refractivity (Wildman–Crippen MR) is 69.0 cm³/mol. The van der Waals surface area contributed by atoms with Crippen molar-refractivity contribution in [3.05, 3.63) is 41.1 Å². The molecule has 0 aromatic carbocycles. The summed E-state index contributed by atoms with van der Waals surface area (Å²) in [6.45, 7) is 0.711. The van der Waals surface area contributed by atoms with Crippen molar-refractivity contribution in [3.8, 4) is 0 Å². The van der Waals surface area contributed by atoms with Crippen molar-refractivity contribution in [2.45, 2.75) is 6.42 Å². The van der Waals surface area contributed by atoms with Gasteiger partial charge in [-0.3, -0.25) is 0 Å². The Kier molecular flexibility index (Phi) is 2.75. The van der Waals surface area contributed by atoms with E-state index in [2.05, 4.69) is 25.5 Å². The zero-order valence-electron chi connectivity index (χ0n) is 10.4. The van der Waals surface area contributed by atoms with E-state index in [0.717, 1.165) is 12.2 Å². The lowest BCUT2D eigenvalue weighted by molar-refractivity contribution is 0.788. The number of imidazole rings is 1. The van der Waals surface area contributed by atoms with Crippen LogP contribution in [0, 0.1) is 0 Å². The molecule has 0 fully saturated rings. The fourth-order valence-electron chi connectivity index (χ4n) is 1.85. The van der Waals surface area contributed by atoms with Crippen molar-refractivity contribution in [1.29, 1.82) is 0 Å². The van der Waals surface area contributed by atoms with Crippen molar-refractivity contribution < 1.29 is 0 Å². The maximum absolute atomic E-state index is 11.3. The minimum Gasteiger partial charge on any atom is -0.369 e. The summed E-state index contributed by atoms with van der Waals surface area (Å²) in [7, 11) is 1.96. The van der Waals surface area contributed by atoms with Crippen LogP contribution >= 0.6 is 0 Å². The highest BCUT2D eigenvalue weighted by molar-refractivity contribution is 5.48. The van der Waals surface area contributed by atoms with E-state index in [1.165, 1.54) is 10.7 Å². The van der Waals surface area contributed by atoms with Crippen LogP contribution in [0.4, 0.5) is 5.82 Å². The third kappa shape index (κ3) is 2.19. The highest BCUT2D eigenvalue weighted by atomic mass is 16.1. The number of aryl methyl sites for hydroxylation is 1. The molecule has 0 atom stereocenters. The Morgan fingerprint density at radius 2 is 2.32 bits per heavy atom. The summed E-state index contributed by atoms with van der Waals surface area (Å²) in [5, 5.41) is 9.42. The first-order valence-corrected chi connectivity index (χ1v) is 5.87. The van der Waals surface area contributed by atoms with Crippen LogP contribution in [-0.4, -0.2) is 35.7 Å². The molecular formula is C11H13N7O. The van der Waals surface area contributed by atoms with Gasteiger partial charge in [0.2, 0.25) is 0 Å². The van der Waals surface area contributed by atoms with Gasteiger partial charge >= 0.3 is 5.69 Å². The number of aromatic amines is 1. The number of nitrogens with zero attached hydrogens (tertiary/aromatic N) is 5. The van der Waals surface area contributed by atoms with Gasteiger partial charge in [-0.25, -0.2) is 24.3 Å². The average molecular weight is 259 g/mol. The van der Waals surface area contributed by atoms with Crippen LogP contribution in [0.3, 0.4) is 0 Å². The van der Waals surface area contributed by atoms with Gasteiger partial charge < -0.3 is 9.88 Å². The van der Waals surface area contributed by atoms with Gasteiger partial charge in [0.05, 0.1) is 0 Å². The van der Waals surface area contributed by atoms with E-state index in [1.807, 2.05) is 17.8 Å². The first-order chi connectivity index (χ1) is 9.24. The lowest BCUT2D eigenvalue weighted by Crippen LogP contribution is -2.12. The molecule has 0 saturated heterocycles. The van der Waals surface area contributed by atoms with Gasteiger partial charge in [-0.1, -0.05) is 0 Å². The minimum atomic E-state index is -0.290. The van der Waals surface area contributed by atoms with E-state index < -0.39 is 0 Å². The standard InChI is InChI=1S/C11H13N7O/c1-17-5-4-13-9(17)2-3-12-8-6-10-15-16-11(19)18(10)7-14-8/h4-7,12H,2-3H2,1H3,(H,16,19). The molecule has 0 aliphatic rings. The van der Waals surface area contributed by atoms with Crippen LogP contribution in [0.15, 0.2) is 29.6 Å². The monoisotopic (exact) mass is 259 g/mol. The maximum atomic E-state index is 11.3. The van der Waals surface area contributed by atoms with Gasteiger partial charge in [0.25, 0.3) is 0 Å². The molecule has 0 saturated carbocycles. The number of aromatic nitrogens is 6. The summed E-state index contributed by atoms with van der Waals surface area (Å²) in [4.78, 5) is 19.7. The van der Waals surface area contributed by atoms with Crippen molar-refractivity contribution >= 4 is 11.5 Å². The van der Waals surface area contributed by atoms with Gasteiger partial charge in [0.15, 0.2) is 5.65 Å². The fraction of sp³-hybridized carbons (Fsp3) is 0.273. The van der Waals surface area contributed by atoms with Gasteiger partial charge in [-0.15, -0.1) is 0 Å². The molecular weight excluding hydrogens is 246 g/mol. The van der Waals surface area contributed by atoms with Gasteiger partial charge in [0.1, 0.15) is 18.0 Å². The van der Waals surface area contributed by atoms with Crippen LogP contribution in [0.1, 0.15) is 5.82 Å². The summed E-state index contributed by atoms with van der Waals surface area (Å²) in [5.41, 5.74) is 0.251. The first-order valence-electron chi connectivity index (χ1n) is 5.87. The SMILES string of the molecule is Cn1ccnc1CCNc1cc2n[nH]c(=O)n2cn1. The topological polar surface area (TPSA) is 92.9 Å². The molecule has 19 heavy (non-hydrogen) atoms. The second kappa shape index (κ2) is 4.56. The number of anilines is 1. The Morgan fingerprint density at radius 1 is 1.42 bits per heavy atom. The molecule has 0 bridgehead atoms. The first kappa shape index (κ1) is 11.5. The average Bonchev–Trinajstić information content (AvgIpc) is 2.97. The second-order valence-corrected chi connectivity index (χ2v) is 4.16. The summed E-state index contributed by atoms with van der Waals surface area (Å²) >= 11 is 0. The van der Waals surface area contributed by atoms with E-state index in [9.17, 15) is 4.79 Å². The highest BCUT2D eigenvalue weighted by Crippen LogP contribution is 2.04. The second-order valence-electron chi connectivity index (χ2n) is 4.16. The molecule has 3 heterocycles. The van der Waals surface area contributed by atoms with Crippen molar-refractivity contribution in [3.63, 3.8) is 0 Å². The van der Waals surface area contributed by atoms with Crippen LogP contribution in [-0.2, 0) is 13.5 Å². The Labute approximate surface area is 108 Å². The molecule has 8 heteroatoms. The van der Waals surface area contributed by atoms with Crippen LogP contribution in [0.5, 0.6) is 0 Å². The van der Waals surface area contributed by atoms with Gasteiger partial charge in [-0.05, 0) is 0 Å². The number of hydrogen-bond donors (Lipinski definition) is 2. The van der Waals surface area contributed by atoms with Crippen LogP contribution in [0.25, 0.3) is 5.65 Å². The fourth-order valence-corrected chi connectivity index (χ4v) is 1.85. The zero-order chi connectivity index (χ0) is 13.2. The summed E-state index contributed by atoms with van der Waals surface area (Å²) < 4.78 is 3.33. The van der Waals surface area contributed by atoms with Crippen molar-refractivity contribution in [2.24, 2.45) is 7.05 Å². The summed E-state index contributed by atoms with van der Waals surface area (Å²) in [5.74, 6) is 1.69. The molecule has 98 valence electrons. The molecule has 3 aromatic heterocycles. The molecule has 0 radical (unpaired) electrons. The van der Waals surface area contributed by atoms with Crippen molar-refractivity contribution in [2.75, 3.05) is 11.9 Å². The Morgan fingerprint density at radius 3 is 3.11 bits per heavy atom. The molecule has 0 unspecified atom stereocenters. The van der Waals surface area contributed by atoms with E-state index in [4.69, 9.17) is 0 Å². The van der Waals surface area contributed by atoms with Gasteiger partial charge in [-0.2, -0.15) is 5.10 Å². The zero-order valence-corrected chi connectivity index (χ0v) is 10.4. The summed E-state index contributed by atoms with van der Waals surface area (Å²) in [6.07, 6.45) is 5.93. The smallest absolute Gasteiger partial charge is 0.348 e. The van der Waals surface area contributed by atoms with Crippen LogP contribution in [0.2, 0.25) is 0 Å². The van der Waals surface area contributed by atoms with E-state index in [-0.39, 0.29) is 5.69 Å². The highest BCUT2D eigenvalue weighted by Gasteiger charge is 2.03. The number of rotatable bonds is 4. The molecule has 0 aliphatic carbocycles. The summed E-state index contributed by atoms with van der Waals surface area (Å²) in [6, 6.07) is 1.72. The molecule has 0 amide bonds. The predicted octanol–water partition coefficient (Wildman–Crippen LogP) is -0.194. The number of H-pyrrole nitrogens is 1. The minimum absolute atomic E-state index is 0.290. The lowest BCUT2D eigenvalue weighted by Gasteiger charge is -2.05. The Balaban J connectivity index is 1.68. The van der Waals surface area contributed by atoms with Gasteiger partial charge in [0, 0.05) is 38.5 Å². The quantitative estimate of drug-likeness (QED) is 0.677. The third-order valence-electron chi connectivity index (χ3n) is 2.89. The molecule has 2 N–H and O–H groups in total. The number of hydrogen-bond acceptors (Lipinski definition) is 5.